The van der Waals surface area contributed by atoms with Crippen molar-refractivity contribution in [1.29, 1.82) is 0 Å². The van der Waals surface area contributed by atoms with Crippen molar-refractivity contribution in [2.24, 2.45) is 0 Å². The highest BCUT2D eigenvalue weighted by molar-refractivity contribution is 6.61. The van der Waals surface area contributed by atoms with Gasteiger partial charge >= 0.3 is 0 Å². The highest BCUT2D eigenvalue weighted by Gasteiger charge is 2.34. The largest absolute Gasteiger partial charge is 0.497 e. The monoisotopic (exact) mass is 780 g/mol. The maximum Gasteiger partial charge on any atom is 0.120 e. The molecule has 60 heavy (non-hydrogen) atoms. The van der Waals surface area contributed by atoms with Gasteiger partial charge in [0.1, 0.15) is 17.2 Å². The predicted molar refractivity (Wildman–Crippen MR) is 259 cm³/mol. The molecule has 0 fully saturated rings. The van der Waals surface area contributed by atoms with E-state index in [0.717, 1.165) is 17.2 Å². The van der Waals surface area contributed by atoms with Gasteiger partial charge < -0.3 is 14.2 Å². The molecule has 0 amide bonds. The maximum absolute atomic E-state index is 6.26. The lowest BCUT2D eigenvalue weighted by molar-refractivity contribution is 0.416. The molecular weight excluding hydrogens is 733 g/mol. The molecule has 0 aliphatic rings. The van der Waals surface area contributed by atoms with E-state index in [4.69, 9.17) is 14.2 Å². The summed E-state index contributed by atoms with van der Waals surface area (Å²) < 4.78 is 18.8. The molecule has 13 rings (SSSR count). The lowest BCUT2D eigenvalue weighted by Gasteiger charge is -2.31. The van der Waals surface area contributed by atoms with E-state index >= 15 is 0 Å². The Hall–Kier alpha value is -6.06. The molecular formula is C57H48O3. The molecule has 0 atom stereocenters. The molecule has 0 aliphatic carbocycles. The third kappa shape index (κ3) is 3.90. The Labute approximate surface area is 348 Å². The summed E-state index contributed by atoms with van der Waals surface area (Å²) in [5.41, 5.74) is 3.72. The van der Waals surface area contributed by atoms with Crippen molar-refractivity contribution >= 4 is 129 Å². The maximum atomic E-state index is 6.26. The third-order valence-electron chi connectivity index (χ3n) is 14.8. The number of rotatable bonds is 3. The first-order valence-corrected chi connectivity index (χ1v) is 21.5. The molecule has 13 aromatic carbocycles. The second-order valence-electron chi connectivity index (χ2n) is 21.1. The van der Waals surface area contributed by atoms with Crippen molar-refractivity contribution in [2.45, 2.75) is 78.6 Å². The molecule has 0 unspecified atom stereocenters. The molecule has 0 N–H and O–H groups in total. The first kappa shape index (κ1) is 34.8. The smallest absolute Gasteiger partial charge is 0.120 e. The first-order valence-electron chi connectivity index (χ1n) is 21.5. The molecule has 0 saturated carbocycles. The Kier molecular flexibility index (Phi) is 6.05. The van der Waals surface area contributed by atoms with Gasteiger partial charge in [0.25, 0.3) is 0 Å². The zero-order chi connectivity index (χ0) is 41.4. The van der Waals surface area contributed by atoms with Crippen molar-refractivity contribution in [3.05, 3.63) is 89.5 Å². The van der Waals surface area contributed by atoms with Crippen LogP contribution >= 0.6 is 0 Å². The number of fused-ring (bicyclic) bond motifs is 6. The van der Waals surface area contributed by atoms with Crippen LogP contribution in [-0.2, 0) is 16.2 Å². The second-order valence-corrected chi connectivity index (χ2v) is 21.1. The summed E-state index contributed by atoms with van der Waals surface area (Å²) in [4.78, 5) is 0. The number of ether oxygens (including phenoxy) is 3. The minimum atomic E-state index is -0.0841. The topological polar surface area (TPSA) is 27.7 Å². The van der Waals surface area contributed by atoms with Crippen molar-refractivity contribution in [2.75, 3.05) is 21.3 Å². The lowest BCUT2D eigenvalue weighted by Crippen LogP contribution is -2.12. The fourth-order valence-corrected chi connectivity index (χ4v) is 11.8. The summed E-state index contributed by atoms with van der Waals surface area (Å²) in [7, 11) is 5.45. The summed E-state index contributed by atoms with van der Waals surface area (Å²) in [5, 5.41) is 31.6. The van der Waals surface area contributed by atoms with Crippen molar-refractivity contribution in [3.8, 4) is 17.2 Å². The normalized spacial score (nSPS) is 14.0. The molecule has 0 spiro atoms. The summed E-state index contributed by atoms with van der Waals surface area (Å²) in [6.45, 7) is 21.1. The van der Waals surface area contributed by atoms with Crippen LogP contribution in [0.4, 0.5) is 0 Å². The van der Waals surface area contributed by atoms with Crippen LogP contribution < -0.4 is 14.2 Å². The lowest BCUT2D eigenvalue weighted by atomic mass is 9.71. The Bertz CT molecular complexity index is 3360. The highest BCUT2D eigenvalue weighted by Crippen LogP contribution is 2.62. The molecule has 3 nitrogen and oxygen atoms in total. The van der Waals surface area contributed by atoms with Gasteiger partial charge in [-0.05, 0) is 235 Å². The van der Waals surface area contributed by atoms with Crippen molar-refractivity contribution in [1.82, 2.24) is 0 Å². The van der Waals surface area contributed by atoms with Gasteiger partial charge in [-0.1, -0.05) is 62.3 Å². The Morgan fingerprint density at radius 3 is 0.517 bits per heavy atom. The van der Waals surface area contributed by atoms with E-state index in [1.54, 1.807) is 0 Å². The van der Waals surface area contributed by atoms with Crippen LogP contribution in [0.5, 0.6) is 17.2 Å². The SMILES string of the molecule is COc1cc2c3cc(C(C)(C)C)cc4c5cc(OC)cc6c7cc(C(C)(C)C)cc8c9cc(OC)cc%10c%11cc(C(C)(C)C)cc%12c(c1)c2c1c(c34)c(c56)c(c78)c(c%109)c1c%12%11. The van der Waals surface area contributed by atoms with Crippen LogP contribution in [0.25, 0.3) is 129 Å². The van der Waals surface area contributed by atoms with Crippen molar-refractivity contribution < 1.29 is 14.2 Å². The molecule has 13 aromatic rings. The van der Waals surface area contributed by atoms with E-state index < -0.39 is 0 Å². The van der Waals surface area contributed by atoms with Crippen LogP contribution in [0.1, 0.15) is 79.0 Å². The molecule has 0 radical (unpaired) electrons. The van der Waals surface area contributed by atoms with Crippen LogP contribution in [0, 0.1) is 0 Å². The fourth-order valence-electron chi connectivity index (χ4n) is 11.8. The van der Waals surface area contributed by atoms with Gasteiger partial charge in [-0.25, -0.2) is 0 Å². The standard InChI is InChI=1S/C57H48O3/c1-55(2,3)25-13-31-37-19-28(58-10)21-39-33-15-26(56(4,5)6)17-35-41-23-30(60-12)24-42-36-18-27(57(7,8)9)16-34-40-22-29(59-11)20-38-32(14-25)43(31)49-52(46(37)39)50(44(33)35)54(48(41)42)51(45(34)36)53(49)47(38)40/h13-24H,1-12H3. The van der Waals surface area contributed by atoms with Crippen molar-refractivity contribution in [3.63, 3.8) is 0 Å². The van der Waals surface area contributed by atoms with Crippen LogP contribution in [0.2, 0.25) is 0 Å². The zero-order valence-electron chi connectivity index (χ0n) is 36.7. The second kappa shape index (κ2) is 10.4. The first-order chi connectivity index (χ1) is 28.5. The molecule has 0 aromatic heterocycles. The molecule has 0 bridgehead atoms. The fraction of sp³-hybridized carbons (Fsp3) is 0.263. The van der Waals surface area contributed by atoms with Gasteiger partial charge in [-0.15, -0.1) is 0 Å². The molecule has 0 saturated heterocycles. The summed E-state index contributed by atoms with van der Waals surface area (Å²) in [6, 6.07) is 29.0. The van der Waals surface area contributed by atoms with E-state index in [1.165, 1.54) is 146 Å². The summed E-state index contributed by atoms with van der Waals surface area (Å²) in [5.74, 6) is 2.65. The summed E-state index contributed by atoms with van der Waals surface area (Å²) in [6.07, 6.45) is 0. The Balaban J connectivity index is 1.51. The zero-order valence-corrected chi connectivity index (χ0v) is 36.7. The average molecular weight is 781 g/mol. The summed E-state index contributed by atoms with van der Waals surface area (Å²) >= 11 is 0. The Morgan fingerprint density at radius 1 is 0.233 bits per heavy atom. The van der Waals surface area contributed by atoms with Crippen LogP contribution in [0.3, 0.4) is 0 Å². The predicted octanol–water partition coefficient (Wildman–Crippen LogP) is 16.1. The number of hydrogen-bond acceptors (Lipinski definition) is 3. The van der Waals surface area contributed by atoms with Gasteiger partial charge in [0.05, 0.1) is 21.3 Å². The molecule has 294 valence electrons. The van der Waals surface area contributed by atoms with E-state index in [1.807, 2.05) is 21.3 Å². The number of methoxy groups -OCH3 is 3. The van der Waals surface area contributed by atoms with E-state index in [2.05, 4.69) is 135 Å². The average Bonchev–Trinajstić information content (AvgIpc) is 3.22. The van der Waals surface area contributed by atoms with Crippen LogP contribution in [0.15, 0.2) is 72.8 Å². The molecule has 0 heterocycles. The number of benzene rings is 13. The molecule has 3 heteroatoms. The minimum Gasteiger partial charge on any atom is -0.497 e. The molecule has 0 aliphatic heterocycles. The Morgan fingerprint density at radius 2 is 0.383 bits per heavy atom. The number of hydrogen-bond donors (Lipinski definition) is 0. The van der Waals surface area contributed by atoms with Gasteiger partial charge in [-0.2, -0.15) is 0 Å². The van der Waals surface area contributed by atoms with E-state index in [-0.39, 0.29) is 16.2 Å². The van der Waals surface area contributed by atoms with Gasteiger partial charge in [-0.3, -0.25) is 0 Å². The minimum absolute atomic E-state index is 0.0841. The van der Waals surface area contributed by atoms with Gasteiger partial charge in [0.2, 0.25) is 0 Å². The van der Waals surface area contributed by atoms with Gasteiger partial charge in [0.15, 0.2) is 0 Å². The van der Waals surface area contributed by atoms with Gasteiger partial charge in [0, 0.05) is 0 Å². The third-order valence-corrected chi connectivity index (χ3v) is 14.8. The van der Waals surface area contributed by atoms with E-state index in [9.17, 15) is 0 Å². The van der Waals surface area contributed by atoms with Crippen LogP contribution in [-0.4, -0.2) is 21.3 Å². The van der Waals surface area contributed by atoms with E-state index in [0.29, 0.717) is 0 Å². The quantitative estimate of drug-likeness (QED) is 0.132. The highest BCUT2D eigenvalue weighted by atomic mass is 16.5.